The summed E-state index contributed by atoms with van der Waals surface area (Å²) in [6, 6.07) is 5.28. The van der Waals surface area contributed by atoms with Gasteiger partial charge < -0.3 is 9.64 Å². The molecule has 0 N–H and O–H groups in total. The van der Waals surface area contributed by atoms with Crippen molar-refractivity contribution >= 4 is 15.7 Å². The van der Waals surface area contributed by atoms with Gasteiger partial charge in [0.25, 0.3) is 0 Å². The van der Waals surface area contributed by atoms with Gasteiger partial charge in [-0.15, -0.1) is 0 Å². The van der Waals surface area contributed by atoms with Crippen LogP contribution in [0.1, 0.15) is 31.9 Å². The Morgan fingerprint density at radius 1 is 1.22 bits per heavy atom. The Labute approximate surface area is 138 Å². The van der Waals surface area contributed by atoms with Crippen molar-refractivity contribution in [2.45, 2.75) is 57.0 Å². The van der Waals surface area contributed by atoms with Crippen LogP contribution in [0.5, 0.6) is 0 Å². The minimum Gasteiger partial charge on any atom is -0.372 e. The monoisotopic (exact) mass is 339 g/mol. The molecule has 0 unspecified atom stereocenters. The highest BCUT2D eigenvalue weighted by molar-refractivity contribution is 7.92. The molecular weight excluding hydrogens is 314 g/mol. The zero-order valence-corrected chi connectivity index (χ0v) is 15.2. The van der Waals surface area contributed by atoms with Crippen LogP contribution in [-0.2, 0) is 19.4 Å². The summed E-state index contributed by atoms with van der Waals surface area (Å²) in [5.74, 6) is -0.354. The van der Waals surface area contributed by atoms with Crippen molar-refractivity contribution in [3.63, 3.8) is 0 Å². The number of morpholine rings is 1. The molecule has 0 aromatic heterocycles. The molecule has 1 aromatic rings. The fourth-order valence-corrected chi connectivity index (χ4v) is 4.61. The van der Waals surface area contributed by atoms with E-state index in [1.807, 2.05) is 26.8 Å². The van der Waals surface area contributed by atoms with E-state index in [2.05, 4.69) is 0 Å². The molecule has 1 saturated heterocycles. The second kappa shape index (κ2) is 6.61. The number of carbonyl (C=O) groups is 1. The van der Waals surface area contributed by atoms with Crippen molar-refractivity contribution in [3.05, 3.63) is 29.3 Å². The first-order chi connectivity index (χ1) is 10.6. The van der Waals surface area contributed by atoms with Gasteiger partial charge in [0.15, 0.2) is 9.84 Å². The summed E-state index contributed by atoms with van der Waals surface area (Å²) in [6.45, 7) is 9.70. The Morgan fingerprint density at radius 2 is 1.78 bits per heavy atom. The zero-order chi connectivity index (χ0) is 17.4. The number of nitrogens with zero attached hydrogens (tertiary/aromatic N) is 1. The summed E-state index contributed by atoms with van der Waals surface area (Å²) in [6.07, 6.45) is -0.170. The van der Waals surface area contributed by atoms with Gasteiger partial charge in [0.05, 0.1) is 17.1 Å². The smallest absolute Gasteiger partial charge is 0.241 e. The van der Waals surface area contributed by atoms with Gasteiger partial charge in [-0.25, -0.2) is 8.42 Å². The Morgan fingerprint density at radius 3 is 2.35 bits per heavy atom. The molecule has 0 bridgehead atoms. The summed E-state index contributed by atoms with van der Waals surface area (Å²) in [5.41, 5.74) is 1.53. The lowest BCUT2D eigenvalue weighted by Gasteiger charge is -2.36. The Hall–Kier alpha value is -1.40. The number of carbonyl (C=O) groups excluding carboxylic acids is 1. The Balaban J connectivity index is 2.29. The van der Waals surface area contributed by atoms with Crippen LogP contribution in [0, 0.1) is 13.8 Å². The number of sulfone groups is 1. The molecule has 2 rings (SSSR count). The molecule has 0 saturated carbocycles. The average Bonchev–Trinajstić information content (AvgIpc) is 2.47. The maximum Gasteiger partial charge on any atom is 0.241 e. The molecule has 1 heterocycles. The predicted molar refractivity (Wildman–Crippen MR) is 89.2 cm³/mol. The fourth-order valence-electron chi connectivity index (χ4n) is 2.95. The third kappa shape index (κ3) is 3.75. The number of rotatable bonds is 3. The molecular formula is C17H25NO4S. The van der Waals surface area contributed by atoms with E-state index in [1.165, 1.54) is 6.92 Å². The van der Waals surface area contributed by atoms with Gasteiger partial charge >= 0.3 is 0 Å². The van der Waals surface area contributed by atoms with E-state index < -0.39 is 15.1 Å². The highest BCUT2D eigenvalue weighted by Gasteiger charge is 2.36. The van der Waals surface area contributed by atoms with E-state index in [0.717, 1.165) is 5.56 Å². The molecule has 1 aromatic carbocycles. The third-order valence-corrected chi connectivity index (χ3v) is 6.38. The first-order valence-electron chi connectivity index (χ1n) is 7.88. The van der Waals surface area contributed by atoms with Crippen molar-refractivity contribution in [1.82, 2.24) is 4.90 Å². The minimum atomic E-state index is -3.71. The molecule has 1 amide bonds. The first-order valence-corrected chi connectivity index (χ1v) is 9.43. The average molecular weight is 339 g/mol. The van der Waals surface area contributed by atoms with E-state index in [0.29, 0.717) is 18.7 Å². The van der Waals surface area contributed by atoms with Crippen LogP contribution in [0.15, 0.2) is 23.1 Å². The number of hydrogen-bond donors (Lipinski definition) is 0. The zero-order valence-electron chi connectivity index (χ0n) is 14.4. The maximum absolute atomic E-state index is 12.9. The van der Waals surface area contributed by atoms with E-state index in [-0.39, 0.29) is 23.0 Å². The second-order valence-electron chi connectivity index (χ2n) is 6.46. The molecule has 0 spiro atoms. The quantitative estimate of drug-likeness (QED) is 0.846. The molecule has 0 aliphatic carbocycles. The number of aryl methyl sites for hydroxylation is 2. The number of amides is 1. The van der Waals surface area contributed by atoms with Crippen LogP contribution in [0.4, 0.5) is 0 Å². The molecule has 23 heavy (non-hydrogen) atoms. The lowest BCUT2D eigenvalue weighted by Crippen LogP contribution is -2.52. The molecule has 1 aliphatic rings. The topological polar surface area (TPSA) is 63.7 Å². The van der Waals surface area contributed by atoms with Crippen molar-refractivity contribution in [2.75, 3.05) is 13.1 Å². The standard InChI is InChI=1S/C17H25NO4S/c1-11-6-7-12(2)16(8-11)23(20,21)15(5)17(19)18-9-13(3)22-14(4)10-18/h6-8,13-15H,9-10H2,1-5H3/t13-,14-,15-/m1/s1. The van der Waals surface area contributed by atoms with Crippen LogP contribution >= 0.6 is 0 Å². The minimum absolute atomic E-state index is 0.0849. The SMILES string of the molecule is Cc1ccc(C)c(S(=O)(=O)[C@H](C)C(=O)N2C[C@@H](C)O[C@H](C)C2)c1. The number of hydrogen-bond acceptors (Lipinski definition) is 4. The third-order valence-electron chi connectivity index (χ3n) is 4.19. The molecule has 1 aliphatic heterocycles. The lowest BCUT2D eigenvalue weighted by atomic mass is 10.2. The van der Waals surface area contributed by atoms with Crippen LogP contribution in [0.25, 0.3) is 0 Å². The van der Waals surface area contributed by atoms with E-state index in [1.54, 1.807) is 24.0 Å². The van der Waals surface area contributed by atoms with Crippen molar-refractivity contribution < 1.29 is 17.9 Å². The van der Waals surface area contributed by atoms with Gasteiger partial charge in [-0.1, -0.05) is 12.1 Å². The van der Waals surface area contributed by atoms with E-state index in [9.17, 15) is 13.2 Å². The molecule has 128 valence electrons. The summed E-state index contributed by atoms with van der Waals surface area (Å²) in [7, 11) is -3.71. The summed E-state index contributed by atoms with van der Waals surface area (Å²) in [5, 5.41) is -1.10. The molecule has 6 heteroatoms. The normalized spacial score (nSPS) is 23.6. The van der Waals surface area contributed by atoms with Gasteiger partial charge in [-0.05, 0) is 51.8 Å². The van der Waals surface area contributed by atoms with Crippen molar-refractivity contribution in [2.24, 2.45) is 0 Å². The van der Waals surface area contributed by atoms with Gasteiger partial charge in [-0.2, -0.15) is 0 Å². The van der Waals surface area contributed by atoms with Crippen LogP contribution in [0.2, 0.25) is 0 Å². The second-order valence-corrected chi connectivity index (χ2v) is 8.69. The van der Waals surface area contributed by atoms with Crippen LogP contribution in [-0.4, -0.2) is 49.8 Å². The summed E-state index contributed by atoms with van der Waals surface area (Å²) in [4.78, 5) is 14.5. The fraction of sp³-hybridized carbons (Fsp3) is 0.588. The molecule has 0 radical (unpaired) electrons. The summed E-state index contributed by atoms with van der Waals surface area (Å²) >= 11 is 0. The number of ether oxygens (including phenoxy) is 1. The Kier molecular flexibility index (Phi) is 5.16. The van der Waals surface area contributed by atoms with Crippen LogP contribution in [0.3, 0.4) is 0 Å². The maximum atomic E-state index is 12.9. The highest BCUT2D eigenvalue weighted by Crippen LogP contribution is 2.23. The Bertz CT molecular complexity index is 689. The molecule has 3 atom stereocenters. The lowest BCUT2D eigenvalue weighted by molar-refractivity contribution is -0.142. The van der Waals surface area contributed by atoms with E-state index >= 15 is 0 Å². The first kappa shape index (κ1) is 17.9. The van der Waals surface area contributed by atoms with Crippen molar-refractivity contribution in [3.8, 4) is 0 Å². The molecule has 5 nitrogen and oxygen atoms in total. The van der Waals surface area contributed by atoms with Crippen molar-refractivity contribution in [1.29, 1.82) is 0 Å². The largest absolute Gasteiger partial charge is 0.372 e. The van der Waals surface area contributed by atoms with E-state index in [4.69, 9.17) is 4.74 Å². The van der Waals surface area contributed by atoms with Gasteiger partial charge in [0, 0.05) is 13.1 Å². The predicted octanol–water partition coefficient (Wildman–Crippen LogP) is 2.10. The van der Waals surface area contributed by atoms with Crippen LogP contribution < -0.4 is 0 Å². The van der Waals surface area contributed by atoms with Gasteiger partial charge in [-0.3, -0.25) is 4.79 Å². The van der Waals surface area contributed by atoms with Gasteiger partial charge in [0.2, 0.25) is 5.91 Å². The van der Waals surface area contributed by atoms with Gasteiger partial charge in [0.1, 0.15) is 5.25 Å². The number of benzene rings is 1. The molecule has 1 fully saturated rings. The summed E-state index contributed by atoms with van der Waals surface area (Å²) < 4.78 is 31.4. The highest BCUT2D eigenvalue weighted by atomic mass is 32.2.